The fourth-order valence-electron chi connectivity index (χ4n) is 2.09. The van der Waals surface area contributed by atoms with Crippen molar-refractivity contribution in [1.29, 1.82) is 0 Å². The molecule has 0 aliphatic heterocycles. The van der Waals surface area contributed by atoms with Crippen molar-refractivity contribution in [2.75, 3.05) is 19.3 Å². The summed E-state index contributed by atoms with van der Waals surface area (Å²) in [5, 5.41) is 2.71. The zero-order chi connectivity index (χ0) is 19.2. The van der Waals surface area contributed by atoms with E-state index >= 15 is 0 Å². The number of nitrogens with one attached hydrogen (secondary N) is 3. The highest BCUT2D eigenvalue weighted by Crippen LogP contribution is 2.10. The van der Waals surface area contributed by atoms with E-state index in [0.717, 1.165) is 17.0 Å². The van der Waals surface area contributed by atoms with Crippen LogP contribution < -0.4 is 10.0 Å². The number of benzene rings is 1. The lowest BCUT2D eigenvalue weighted by atomic mass is 10.2. The summed E-state index contributed by atoms with van der Waals surface area (Å²) in [7, 11) is -2.15. The Bertz CT molecular complexity index is 847. The molecule has 142 valence electrons. The van der Waals surface area contributed by atoms with Gasteiger partial charge in [-0.05, 0) is 37.2 Å². The number of aryl methyl sites for hydroxylation is 2. The number of H-pyrrole nitrogens is 1. The Hall–Kier alpha value is -2.04. The van der Waals surface area contributed by atoms with E-state index in [9.17, 15) is 13.0 Å². The van der Waals surface area contributed by atoms with Gasteiger partial charge in [0.05, 0.1) is 29.2 Å². The molecule has 1 atom stereocenters. The summed E-state index contributed by atoms with van der Waals surface area (Å²) < 4.78 is 39.2. The molecule has 0 bridgehead atoms. The molecular formula is C16H23N5O3S2. The maximum Gasteiger partial charge on any atom is 0.264 e. The topological polar surface area (TPSA) is 122 Å². The van der Waals surface area contributed by atoms with Crippen LogP contribution in [-0.2, 0) is 27.0 Å². The molecule has 0 aliphatic carbocycles. The smallest absolute Gasteiger partial charge is 0.264 e. The first kappa shape index (κ1) is 20.3. The third-order valence-corrected chi connectivity index (χ3v) is 6.23. The molecule has 1 unspecified atom stereocenters. The molecule has 1 heterocycles. The summed E-state index contributed by atoms with van der Waals surface area (Å²) in [6, 6.07) is 6.52. The van der Waals surface area contributed by atoms with Crippen molar-refractivity contribution in [3.63, 3.8) is 0 Å². The Balaban J connectivity index is 1.92. The van der Waals surface area contributed by atoms with Crippen LogP contribution in [0.5, 0.6) is 0 Å². The second kappa shape index (κ2) is 9.06. The molecule has 0 spiro atoms. The van der Waals surface area contributed by atoms with Crippen LogP contribution in [0.3, 0.4) is 0 Å². The van der Waals surface area contributed by atoms with Crippen LogP contribution in [0.25, 0.3) is 0 Å². The Morgan fingerprint density at radius 3 is 2.58 bits per heavy atom. The molecule has 0 amide bonds. The molecule has 8 nitrogen and oxygen atoms in total. The van der Waals surface area contributed by atoms with Gasteiger partial charge in [0.2, 0.25) is 5.96 Å². The van der Waals surface area contributed by atoms with Crippen molar-refractivity contribution in [2.24, 2.45) is 4.99 Å². The number of guanidine groups is 1. The molecule has 0 radical (unpaired) electrons. The van der Waals surface area contributed by atoms with Crippen LogP contribution in [0.2, 0.25) is 0 Å². The van der Waals surface area contributed by atoms with Crippen LogP contribution in [0.4, 0.5) is 0 Å². The molecule has 1 aromatic carbocycles. The van der Waals surface area contributed by atoms with Gasteiger partial charge < -0.3 is 14.9 Å². The summed E-state index contributed by atoms with van der Waals surface area (Å²) >= 11 is -1.12. The highest BCUT2D eigenvalue weighted by atomic mass is 32.2. The van der Waals surface area contributed by atoms with Gasteiger partial charge in [0.25, 0.3) is 10.0 Å². The van der Waals surface area contributed by atoms with E-state index in [-0.39, 0.29) is 17.4 Å². The number of imidazole rings is 1. The molecule has 0 saturated carbocycles. The van der Waals surface area contributed by atoms with E-state index in [2.05, 4.69) is 25.0 Å². The van der Waals surface area contributed by atoms with Crippen LogP contribution in [0.1, 0.15) is 17.0 Å². The van der Waals surface area contributed by atoms with Gasteiger partial charge in [-0.15, -0.1) is 0 Å². The number of aliphatic imine (C=N–C) groups is 1. The highest BCUT2D eigenvalue weighted by Gasteiger charge is 2.16. The average molecular weight is 398 g/mol. The van der Waals surface area contributed by atoms with E-state index in [1.807, 2.05) is 13.8 Å². The second-order valence-corrected chi connectivity index (χ2v) is 8.91. The van der Waals surface area contributed by atoms with Crippen molar-refractivity contribution >= 4 is 27.2 Å². The van der Waals surface area contributed by atoms with Crippen molar-refractivity contribution in [3.8, 4) is 0 Å². The molecule has 0 saturated heterocycles. The Kier molecular flexibility index (Phi) is 7.06. The van der Waals surface area contributed by atoms with Gasteiger partial charge in [0.15, 0.2) is 0 Å². The average Bonchev–Trinajstić information content (AvgIpc) is 2.99. The van der Waals surface area contributed by atoms with E-state index in [1.165, 1.54) is 12.1 Å². The van der Waals surface area contributed by atoms with E-state index in [4.69, 9.17) is 0 Å². The predicted molar refractivity (Wildman–Crippen MR) is 103 cm³/mol. The number of aromatic amines is 1. The van der Waals surface area contributed by atoms with Crippen molar-refractivity contribution in [2.45, 2.75) is 24.5 Å². The summed E-state index contributed by atoms with van der Waals surface area (Å²) in [6.45, 7) is 3.96. The van der Waals surface area contributed by atoms with E-state index in [1.54, 1.807) is 25.5 Å². The minimum atomic E-state index is -3.72. The molecule has 2 aromatic rings. The Morgan fingerprint density at radius 1 is 1.31 bits per heavy atom. The Labute approximate surface area is 156 Å². The van der Waals surface area contributed by atoms with Crippen LogP contribution in [0, 0.1) is 13.8 Å². The fraction of sp³-hybridized carbons (Fsp3) is 0.375. The molecule has 2 rings (SSSR count). The highest BCUT2D eigenvalue weighted by molar-refractivity contribution is 7.90. The van der Waals surface area contributed by atoms with Gasteiger partial charge in [0.1, 0.15) is 11.5 Å². The van der Waals surface area contributed by atoms with Gasteiger partial charge in [-0.1, -0.05) is 17.7 Å². The zero-order valence-corrected chi connectivity index (χ0v) is 16.6. The zero-order valence-electron chi connectivity index (χ0n) is 14.9. The third kappa shape index (κ3) is 5.75. The molecule has 10 heteroatoms. The lowest BCUT2D eigenvalue weighted by Crippen LogP contribution is -2.39. The maximum absolute atomic E-state index is 12.4. The van der Waals surface area contributed by atoms with Gasteiger partial charge in [-0.2, -0.15) is 0 Å². The SMILES string of the molecule is CNC(=NCC[S+]([O-])Cc1[nH]cnc1C)NS(=O)(=O)c1ccc(C)cc1. The van der Waals surface area contributed by atoms with Crippen LogP contribution in [-0.4, -0.2) is 48.2 Å². The second-order valence-electron chi connectivity index (χ2n) is 5.65. The minimum Gasteiger partial charge on any atom is -0.616 e. The Morgan fingerprint density at radius 2 is 2.00 bits per heavy atom. The standard InChI is InChI=1S/C16H23N5O3S2/c1-12-4-6-14(7-5-12)26(23,24)21-16(17-3)18-8-9-25(22)10-15-13(2)19-11-20-15/h4-7,11H,8-10H2,1-3H3,(H,19,20)(H2,17,18,21). The monoisotopic (exact) mass is 397 g/mol. The van der Waals surface area contributed by atoms with Crippen LogP contribution in [0.15, 0.2) is 40.5 Å². The summed E-state index contributed by atoms with van der Waals surface area (Å²) in [5.74, 6) is 0.793. The van der Waals surface area contributed by atoms with Gasteiger partial charge in [-0.25, -0.2) is 23.1 Å². The number of nitrogens with zero attached hydrogens (tertiary/aromatic N) is 2. The van der Waals surface area contributed by atoms with Gasteiger partial charge in [-0.3, -0.25) is 0 Å². The number of aromatic nitrogens is 2. The van der Waals surface area contributed by atoms with E-state index < -0.39 is 21.2 Å². The quantitative estimate of drug-likeness (QED) is 0.363. The summed E-state index contributed by atoms with van der Waals surface area (Å²) in [4.78, 5) is 11.3. The molecule has 3 N–H and O–H groups in total. The first-order valence-electron chi connectivity index (χ1n) is 7.97. The predicted octanol–water partition coefficient (Wildman–Crippen LogP) is 0.829. The summed E-state index contributed by atoms with van der Waals surface area (Å²) in [5.41, 5.74) is 2.63. The van der Waals surface area contributed by atoms with Crippen molar-refractivity contribution in [1.82, 2.24) is 20.0 Å². The largest absolute Gasteiger partial charge is 0.616 e. The minimum absolute atomic E-state index is 0.111. The molecule has 0 fully saturated rings. The number of hydrogen-bond donors (Lipinski definition) is 3. The molecular weight excluding hydrogens is 374 g/mol. The van der Waals surface area contributed by atoms with Crippen LogP contribution >= 0.6 is 0 Å². The number of rotatable bonds is 7. The lowest BCUT2D eigenvalue weighted by Gasteiger charge is -2.12. The normalized spacial score (nSPS) is 13.5. The van der Waals surface area contributed by atoms with Gasteiger partial charge >= 0.3 is 0 Å². The number of sulfonamides is 1. The number of hydrogen-bond acceptors (Lipinski definition) is 5. The van der Waals surface area contributed by atoms with E-state index in [0.29, 0.717) is 11.5 Å². The fourth-order valence-corrected chi connectivity index (χ4v) is 4.18. The third-order valence-electron chi connectivity index (χ3n) is 3.63. The lowest BCUT2D eigenvalue weighted by molar-refractivity contribution is 0.591. The maximum atomic E-state index is 12.4. The summed E-state index contributed by atoms with van der Waals surface area (Å²) in [6.07, 6.45) is 1.57. The molecule has 1 aromatic heterocycles. The molecule has 26 heavy (non-hydrogen) atoms. The first-order chi connectivity index (χ1) is 12.3. The molecule has 0 aliphatic rings. The van der Waals surface area contributed by atoms with Crippen molar-refractivity contribution < 1.29 is 13.0 Å². The first-order valence-corrected chi connectivity index (χ1v) is 10.9. The van der Waals surface area contributed by atoms with Gasteiger partial charge in [0, 0.05) is 7.05 Å². The van der Waals surface area contributed by atoms with Crippen molar-refractivity contribution in [3.05, 3.63) is 47.5 Å².